The minimum Gasteiger partial charge on any atom is -0.548 e. The average molecular weight is 497 g/mol. The molecule has 2 saturated heterocycles. The van der Waals surface area contributed by atoms with Gasteiger partial charge in [0.15, 0.2) is 5.92 Å². The number of aliphatic carboxylic acids is 1. The van der Waals surface area contributed by atoms with Crippen molar-refractivity contribution >= 4 is 46.9 Å². The van der Waals surface area contributed by atoms with E-state index in [9.17, 15) is 24.3 Å². The maximum absolute atomic E-state index is 13.1. The van der Waals surface area contributed by atoms with Crippen molar-refractivity contribution in [2.24, 2.45) is 0 Å². The molecular weight excluding hydrogens is 475 g/mol. The molecule has 11 heteroatoms. The molecule has 1 N–H and O–H groups in total. The monoisotopic (exact) mass is 496 g/mol. The van der Waals surface area contributed by atoms with Crippen molar-refractivity contribution in [1.29, 1.82) is 0 Å². The van der Waals surface area contributed by atoms with Gasteiger partial charge in [0.25, 0.3) is 0 Å². The second kappa shape index (κ2) is 9.79. The number of carbonyl (C=O) groups is 4. The normalized spacial score (nSPS) is 23.5. The predicted molar refractivity (Wildman–Crippen MR) is 117 cm³/mol. The molecule has 2 aromatic rings. The minimum absolute atomic E-state index is 0. The summed E-state index contributed by atoms with van der Waals surface area (Å²) in [6.45, 7) is 5.34. The van der Waals surface area contributed by atoms with Gasteiger partial charge < -0.3 is 24.9 Å². The van der Waals surface area contributed by atoms with E-state index >= 15 is 0 Å². The molecule has 4 rings (SSSR count). The molecule has 2 amide bonds. The number of nitrogens with one attached hydrogen (secondary N) is 1. The summed E-state index contributed by atoms with van der Waals surface area (Å²) in [5.41, 5.74) is 1.46. The Bertz CT molecular complexity index is 1070. The van der Waals surface area contributed by atoms with E-state index < -0.39 is 51.9 Å². The van der Waals surface area contributed by atoms with E-state index in [0.29, 0.717) is 11.3 Å². The Balaban J connectivity index is 0.00000306. The zero-order valence-corrected chi connectivity index (χ0v) is 22.2. The Kier molecular flexibility index (Phi) is 7.65. The number of thioether (sulfide) groups is 1. The molecular formula is C22H21N2NaO6S2. The van der Waals surface area contributed by atoms with Crippen LogP contribution in [0.5, 0.6) is 5.75 Å². The molecule has 8 nitrogen and oxygen atoms in total. The molecule has 0 spiro atoms. The third kappa shape index (κ3) is 4.85. The zero-order valence-electron chi connectivity index (χ0n) is 18.6. The van der Waals surface area contributed by atoms with Gasteiger partial charge in [-0.05, 0) is 55.3 Å². The van der Waals surface area contributed by atoms with Gasteiger partial charge in [0.2, 0.25) is 11.8 Å². The van der Waals surface area contributed by atoms with Gasteiger partial charge in [0.1, 0.15) is 17.2 Å². The number of benzene rings is 1. The number of nitrogens with zero attached hydrogens (tertiary/aromatic N) is 1. The van der Waals surface area contributed by atoms with Crippen molar-refractivity contribution < 1.29 is 58.6 Å². The van der Waals surface area contributed by atoms with Crippen LogP contribution in [0.3, 0.4) is 0 Å². The number of thiophene rings is 1. The third-order valence-electron chi connectivity index (χ3n) is 5.58. The molecule has 2 fully saturated rings. The number of fused-ring (bicyclic) bond motifs is 1. The SMILES string of the molecule is Cc1ccc(OC(=O)C(C(=O)N[C@@H]2C(=O)N3[C@@H]2SC(C)(C)[C@@H]3C(=O)[O-])c2ccsc2)cc1.[Na+]. The van der Waals surface area contributed by atoms with Gasteiger partial charge in [-0.2, -0.15) is 11.3 Å². The number of amides is 2. The van der Waals surface area contributed by atoms with Crippen LogP contribution in [-0.4, -0.2) is 50.9 Å². The van der Waals surface area contributed by atoms with E-state index in [1.165, 1.54) is 28.0 Å². The Labute approximate surface area is 221 Å². The molecule has 0 radical (unpaired) electrons. The Hall–Kier alpha value is -1.85. The van der Waals surface area contributed by atoms with Crippen LogP contribution < -0.4 is 44.7 Å². The van der Waals surface area contributed by atoms with Gasteiger partial charge in [-0.3, -0.25) is 14.4 Å². The molecule has 1 unspecified atom stereocenters. The van der Waals surface area contributed by atoms with E-state index in [1.807, 2.05) is 6.92 Å². The van der Waals surface area contributed by atoms with Crippen molar-refractivity contribution in [2.45, 2.75) is 48.9 Å². The molecule has 1 aromatic carbocycles. The van der Waals surface area contributed by atoms with Crippen LogP contribution in [0.15, 0.2) is 41.1 Å². The largest absolute Gasteiger partial charge is 1.00 e. The van der Waals surface area contributed by atoms with Gasteiger partial charge in [-0.1, -0.05) is 17.7 Å². The van der Waals surface area contributed by atoms with Crippen LogP contribution in [0.2, 0.25) is 0 Å². The summed E-state index contributed by atoms with van der Waals surface area (Å²) in [5, 5.41) is 17.1. The molecule has 0 aliphatic carbocycles. The van der Waals surface area contributed by atoms with Gasteiger partial charge in [-0.25, -0.2) is 0 Å². The number of carbonyl (C=O) groups excluding carboxylic acids is 4. The van der Waals surface area contributed by atoms with E-state index in [0.717, 1.165) is 5.56 Å². The average Bonchev–Trinajstić information content (AvgIpc) is 3.32. The number of rotatable bonds is 6. The predicted octanol–water partition coefficient (Wildman–Crippen LogP) is -1.95. The van der Waals surface area contributed by atoms with E-state index in [4.69, 9.17) is 4.74 Å². The summed E-state index contributed by atoms with van der Waals surface area (Å²) in [6.07, 6.45) is 0. The van der Waals surface area contributed by atoms with Gasteiger partial charge in [0.05, 0.1) is 12.0 Å². The summed E-state index contributed by atoms with van der Waals surface area (Å²) in [6, 6.07) is 6.50. The summed E-state index contributed by atoms with van der Waals surface area (Å²) < 4.78 is 4.66. The number of β-lactam (4-membered cyclic amide) rings is 1. The van der Waals surface area contributed by atoms with Gasteiger partial charge in [0, 0.05) is 4.75 Å². The van der Waals surface area contributed by atoms with Crippen molar-refractivity contribution in [3.05, 3.63) is 52.2 Å². The van der Waals surface area contributed by atoms with Gasteiger partial charge >= 0.3 is 35.5 Å². The number of carboxylic acid groups (broad SMARTS) is 1. The number of aryl methyl sites for hydroxylation is 1. The fourth-order valence-electron chi connectivity index (χ4n) is 3.98. The smallest absolute Gasteiger partial charge is 0.548 e. The fraction of sp³-hybridized carbons (Fsp3) is 0.364. The standard InChI is InChI=1S/C22H22N2O6S2.Na/c1-11-4-6-13(7-5-11)30-21(29)14(12-8-9-31-10-12)17(25)23-15-18(26)24-16(20(27)28)22(2,3)32-19(15)24;/h4-10,14-16,19H,1-3H3,(H,23,25)(H,27,28);/q;+1/p-1/t14?,15-,16+,19-;/m1./s1. The van der Waals surface area contributed by atoms with E-state index in [1.54, 1.807) is 54.9 Å². The molecule has 168 valence electrons. The van der Waals surface area contributed by atoms with Crippen LogP contribution in [0.4, 0.5) is 0 Å². The van der Waals surface area contributed by atoms with Crippen LogP contribution >= 0.6 is 23.1 Å². The number of carboxylic acids is 1. The molecule has 4 atom stereocenters. The number of hydrogen-bond donors (Lipinski definition) is 1. The van der Waals surface area contributed by atoms with Crippen LogP contribution in [0.1, 0.15) is 30.9 Å². The Morgan fingerprint density at radius 1 is 1.18 bits per heavy atom. The first-order chi connectivity index (χ1) is 15.1. The molecule has 3 heterocycles. The molecule has 33 heavy (non-hydrogen) atoms. The van der Waals surface area contributed by atoms with E-state index in [-0.39, 0.29) is 29.6 Å². The Morgan fingerprint density at radius 3 is 2.42 bits per heavy atom. The van der Waals surface area contributed by atoms with Crippen LogP contribution in [-0.2, 0) is 19.2 Å². The summed E-state index contributed by atoms with van der Waals surface area (Å²) in [4.78, 5) is 51.5. The molecule has 2 aliphatic heterocycles. The second-order valence-electron chi connectivity index (χ2n) is 8.29. The number of ether oxygens (including phenoxy) is 1. The maximum atomic E-state index is 13.1. The first-order valence-corrected chi connectivity index (χ1v) is 11.7. The second-order valence-corrected chi connectivity index (χ2v) is 10.8. The summed E-state index contributed by atoms with van der Waals surface area (Å²) in [7, 11) is 0. The van der Waals surface area contributed by atoms with E-state index in [2.05, 4.69) is 5.32 Å². The summed E-state index contributed by atoms with van der Waals surface area (Å²) >= 11 is 2.61. The topological polar surface area (TPSA) is 116 Å². The minimum atomic E-state index is -1.33. The third-order valence-corrected chi connectivity index (χ3v) is 7.85. The molecule has 0 saturated carbocycles. The quantitative estimate of drug-likeness (QED) is 0.162. The first-order valence-electron chi connectivity index (χ1n) is 9.92. The fourth-order valence-corrected chi connectivity index (χ4v) is 6.29. The van der Waals surface area contributed by atoms with Crippen LogP contribution in [0, 0.1) is 6.92 Å². The maximum Gasteiger partial charge on any atom is 1.00 e. The molecule has 1 aromatic heterocycles. The van der Waals surface area contributed by atoms with Crippen molar-refractivity contribution in [3.8, 4) is 5.75 Å². The van der Waals surface area contributed by atoms with Gasteiger partial charge in [-0.15, -0.1) is 11.8 Å². The first kappa shape index (κ1) is 25.8. The van der Waals surface area contributed by atoms with Crippen LogP contribution in [0.25, 0.3) is 0 Å². The number of hydrogen-bond acceptors (Lipinski definition) is 8. The van der Waals surface area contributed by atoms with Crippen molar-refractivity contribution in [1.82, 2.24) is 10.2 Å². The van der Waals surface area contributed by atoms with Crippen molar-refractivity contribution in [2.75, 3.05) is 0 Å². The zero-order chi connectivity index (χ0) is 23.2. The Morgan fingerprint density at radius 2 is 1.85 bits per heavy atom. The molecule has 0 bridgehead atoms. The summed E-state index contributed by atoms with van der Waals surface area (Å²) in [5.74, 6) is -4.23. The number of esters is 1. The molecule has 2 aliphatic rings. The van der Waals surface area contributed by atoms with Crippen molar-refractivity contribution in [3.63, 3.8) is 0 Å².